The van der Waals surface area contributed by atoms with Crippen LogP contribution in [0, 0.1) is 5.82 Å². The Balaban J connectivity index is 2.37. The topological polar surface area (TPSA) is 72.6 Å². The Bertz CT molecular complexity index is 609. The standard InChI is InChI=1S/C12H16BrFN2O3S/c1-19-8-3-2-4-16(7-8)20(17,18)12-5-9(13)10(14)6-11(12)15/h5-6,8H,2-4,7,15H2,1H3. The Morgan fingerprint density at radius 1 is 1.50 bits per heavy atom. The summed E-state index contributed by atoms with van der Waals surface area (Å²) < 4.78 is 45.1. The van der Waals surface area contributed by atoms with Crippen molar-refractivity contribution in [2.24, 2.45) is 0 Å². The van der Waals surface area contributed by atoms with Gasteiger partial charge in [0.2, 0.25) is 10.0 Å². The molecule has 5 nitrogen and oxygen atoms in total. The van der Waals surface area contributed by atoms with Gasteiger partial charge >= 0.3 is 0 Å². The minimum Gasteiger partial charge on any atom is -0.398 e. The highest BCUT2D eigenvalue weighted by atomic mass is 79.9. The predicted molar refractivity (Wildman–Crippen MR) is 77.3 cm³/mol. The zero-order valence-corrected chi connectivity index (χ0v) is 13.4. The lowest BCUT2D eigenvalue weighted by molar-refractivity contribution is 0.0572. The summed E-state index contributed by atoms with van der Waals surface area (Å²) in [5.41, 5.74) is 5.56. The highest BCUT2D eigenvalue weighted by Gasteiger charge is 2.32. The first-order valence-corrected chi connectivity index (χ1v) is 8.37. The molecule has 2 rings (SSSR count). The normalized spacial score (nSPS) is 21.1. The molecule has 0 aromatic heterocycles. The Morgan fingerprint density at radius 3 is 2.85 bits per heavy atom. The summed E-state index contributed by atoms with van der Waals surface area (Å²) in [6.07, 6.45) is 1.43. The number of halogens is 2. The Morgan fingerprint density at radius 2 is 2.20 bits per heavy atom. The Hall–Kier alpha value is -0.700. The van der Waals surface area contributed by atoms with Crippen molar-refractivity contribution in [2.75, 3.05) is 25.9 Å². The van der Waals surface area contributed by atoms with Crippen LogP contribution in [0.2, 0.25) is 0 Å². The van der Waals surface area contributed by atoms with E-state index in [4.69, 9.17) is 10.5 Å². The van der Waals surface area contributed by atoms with Crippen molar-refractivity contribution in [3.05, 3.63) is 22.4 Å². The zero-order chi connectivity index (χ0) is 14.9. The van der Waals surface area contributed by atoms with Gasteiger partial charge in [-0.1, -0.05) is 0 Å². The van der Waals surface area contributed by atoms with Crippen LogP contribution in [0.5, 0.6) is 0 Å². The average molecular weight is 367 g/mol. The van der Waals surface area contributed by atoms with Gasteiger partial charge in [-0.25, -0.2) is 12.8 Å². The molecule has 1 atom stereocenters. The number of ether oxygens (including phenoxy) is 1. The first kappa shape index (κ1) is 15.7. The van der Waals surface area contributed by atoms with E-state index in [1.54, 1.807) is 7.11 Å². The van der Waals surface area contributed by atoms with E-state index in [0.29, 0.717) is 6.54 Å². The van der Waals surface area contributed by atoms with Gasteiger partial charge in [0.15, 0.2) is 0 Å². The lowest BCUT2D eigenvalue weighted by Gasteiger charge is -2.31. The van der Waals surface area contributed by atoms with Crippen molar-refractivity contribution >= 4 is 31.6 Å². The SMILES string of the molecule is COC1CCCN(S(=O)(=O)c2cc(Br)c(F)cc2N)C1. The van der Waals surface area contributed by atoms with Gasteiger partial charge in [-0.3, -0.25) is 0 Å². The zero-order valence-electron chi connectivity index (χ0n) is 11.0. The van der Waals surface area contributed by atoms with Crippen molar-refractivity contribution < 1.29 is 17.5 Å². The van der Waals surface area contributed by atoms with Gasteiger partial charge in [0, 0.05) is 20.2 Å². The summed E-state index contributed by atoms with van der Waals surface area (Å²) in [4.78, 5) is -0.0810. The number of benzene rings is 1. The lowest BCUT2D eigenvalue weighted by Crippen LogP contribution is -2.43. The molecular weight excluding hydrogens is 351 g/mol. The highest BCUT2D eigenvalue weighted by molar-refractivity contribution is 9.10. The third-order valence-electron chi connectivity index (χ3n) is 3.34. The third-order valence-corrected chi connectivity index (χ3v) is 5.87. The summed E-state index contributed by atoms with van der Waals surface area (Å²) in [6, 6.07) is 2.21. The number of anilines is 1. The van der Waals surface area contributed by atoms with E-state index in [1.807, 2.05) is 0 Å². The molecule has 0 amide bonds. The Kier molecular flexibility index (Phi) is 4.68. The molecule has 20 heavy (non-hydrogen) atoms. The minimum atomic E-state index is -3.74. The number of sulfonamides is 1. The van der Waals surface area contributed by atoms with Crippen LogP contribution in [0.15, 0.2) is 21.5 Å². The first-order valence-electron chi connectivity index (χ1n) is 6.13. The maximum Gasteiger partial charge on any atom is 0.245 e. The van der Waals surface area contributed by atoms with Gasteiger partial charge in [0.1, 0.15) is 10.7 Å². The van der Waals surface area contributed by atoms with Gasteiger partial charge in [-0.05, 0) is 40.9 Å². The molecule has 0 spiro atoms. The second kappa shape index (κ2) is 5.97. The summed E-state index contributed by atoms with van der Waals surface area (Å²) in [7, 11) is -2.18. The number of hydrogen-bond donors (Lipinski definition) is 1. The largest absolute Gasteiger partial charge is 0.398 e. The van der Waals surface area contributed by atoms with Crippen LogP contribution in [0.25, 0.3) is 0 Å². The molecule has 1 aromatic carbocycles. The van der Waals surface area contributed by atoms with E-state index in [1.165, 1.54) is 10.4 Å². The third kappa shape index (κ3) is 2.98. The molecule has 1 aliphatic rings. The van der Waals surface area contributed by atoms with Gasteiger partial charge in [0.05, 0.1) is 16.3 Å². The molecule has 0 bridgehead atoms. The number of nitrogen functional groups attached to an aromatic ring is 1. The molecule has 1 aliphatic heterocycles. The summed E-state index contributed by atoms with van der Waals surface area (Å²) in [5, 5.41) is 0. The maximum atomic E-state index is 13.4. The molecular formula is C12H16BrFN2O3S. The summed E-state index contributed by atoms with van der Waals surface area (Å²) in [5.74, 6) is -0.588. The number of nitrogens with zero attached hydrogens (tertiary/aromatic N) is 1. The quantitative estimate of drug-likeness (QED) is 0.830. The van der Waals surface area contributed by atoms with Gasteiger partial charge in [-0.15, -0.1) is 0 Å². The molecule has 0 saturated carbocycles. The first-order chi connectivity index (χ1) is 9.36. The van der Waals surface area contributed by atoms with Crippen molar-refractivity contribution in [3.63, 3.8) is 0 Å². The molecule has 112 valence electrons. The van der Waals surface area contributed by atoms with Crippen LogP contribution in [-0.2, 0) is 14.8 Å². The van der Waals surface area contributed by atoms with Gasteiger partial charge in [0.25, 0.3) is 0 Å². The Labute approximate surface area is 126 Å². The molecule has 1 fully saturated rings. The van der Waals surface area contributed by atoms with Crippen LogP contribution in [-0.4, -0.2) is 39.0 Å². The average Bonchev–Trinajstić information content (AvgIpc) is 2.42. The molecule has 0 radical (unpaired) electrons. The summed E-state index contributed by atoms with van der Waals surface area (Å²) in [6.45, 7) is 0.698. The fraction of sp³-hybridized carbons (Fsp3) is 0.500. The number of hydrogen-bond acceptors (Lipinski definition) is 4. The fourth-order valence-corrected chi connectivity index (χ4v) is 4.35. The molecule has 1 saturated heterocycles. The van der Waals surface area contributed by atoms with Crippen LogP contribution in [0.1, 0.15) is 12.8 Å². The van der Waals surface area contributed by atoms with Crippen LogP contribution in [0.3, 0.4) is 0 Å². The minimum absolute atomic E-state index is 0.0746. The van der Waals surface area contributed by atoms with E-state index in [-0.39, 0.29) is 27.7 Å². The number of piperidine rings is 1. The van der Waals surface area contributed by atoms with Crippen LogP contribution in [0.4, 0.5) is 10.1 Å². The van der Waals surface area contributed by atoms with E-state index in [9.17, 15) is 12.8 Å². The van der Waals surface area contributed by atoms with Crippen LogP contribution >= 0.6 is 15.9 Å². The van der Waals surface area contributed by atoms with Crippen LogP contribution < -0.4 is 5.73 Å². The summed E-state index contributed by atoms with van der Waals surface area (Å²) >= 11 is 2.98. The van der Waals surface area contributed by atoms with E-state index >= 15 is 0 Å². The predicted octanol–water partition coefficient (Wildman–Crippen LogP) is 1.97. The lowest BCUT2D eigenvalue weighted by atomic mass is 10.1. The van der Waals surface area contributed by atoms with Crippen molar-refractivity contribution in [2.45, 2.75) is 23.8 Å². The molecule has 2 N–H and O–H groups in total. The van der Waals surface area contributed by atoms with Gasteiger partial charge in [-0.2, -0.15) is 4.31 Å². The smallest absolute Gasteiger partial charge is 0.245 e. The van der Waals surface area contributed by atoms with E-state index in [2.05, 4.69) is 15.9 Å². The monoisotopic (exact) mass is 366 g/mol. The molecule has 0 aliphatic carbocycles. The van der Waals surface area contributed by atoms with Crippen molar-refractivity contribution in [1.29, 1.82) is 0 Å². The molecule has 1 unspecified atom stereocenters. The van der Waals surface area contributed by atoms with E-state index < -0.39 is 15.8 Å². The molecule has 1 aromatic rings. The van der Waals surface area contributed by atoms with Gasteiger partial charge < -0.3 is 10.5 Å². The van der Waals surface area contributed by atoms with Crippen molar-refractivity contribution in [1.82, 2.24) is 4.31 Å². The second-order valence-electron chi connectivity index (χ2n) is 4.67. The fourth-order valence-electron chi connectivity index (χ4n) is 2.22. The van der Waals surface area contributed by atoms with Crippen molar-refractivity contribution in [3.8, 4) is 0 Å². The molecule has 8 heteroatoms. The highest BCUT2D eigenvalue weighted by Crippen LogP contribution is 2.30. The second-order valence-corrected chi connectivity index (χ2v) is 7.43. The number of methoxy groups -OCH3 is 1. The van der Waals surface area contributed by atoms with E-state index in [0.717, 1.165) is 18.9 Å². The number of rotatable bonds is 3. The maximum absolute atomic E-state index is 13.4. The molecule has 1 heterocycles. The number of nitrogens with two attached hydrogens (primary N) is 1.